The third-order valence-corrected chi connectivity index (χ3v) is 11.1. The number of ether oxygens (including phenoxy) is 4. The number of amides is 1. The summed E-state index contributed by atoms with van der Waals surface area (Å²) in [6, 6.07) is 3.37. The fourth-order valence-electron chi connectivity index (χ4n) is 7.96. The number of hydrogen-bond acceptors (Lipinski definition) is 17. The van der Waals surface area contributed by atoms with Crippen LogP contribution in [0.15, 0.2) is 18.2 Å². The number of fused-ring (bicyclic) bond motifs is 3. The smallest absolute Gasteiger partial charge is 0.252 e. The van der Waals surface area contributed by atoms with Crippen molar-refractivity contribution in [1.82, 2.24) is 15.5 Å². The molecule has 56 heavy (non-hydrogen) atoms. The normalized spacial score (nSPS) is 32.5. The highest BCUT2D eigenvalue weighted by Gasteiger charge is 2.56. The summed E-state index contributed by atoms with van der Waals surface area (Å²) in [4.78, 5) is 55.2. The number of rotatable bonds is 12. The minimum Gasteiger partial charge on any atom is -0.507 e. The maximum atomic E-state index is 13.9. The zero-order valence-corrected chi connectivity index (χ0v) is 31.6. The van der Waals surface area contributed by atoms with Crippen LogP contribution < -0.4 is 15.4 Å². The van der Waals surface area contributed by atoms with Crippen molar-refractivity contribution in [3.05, 3.63) is 51.6 Å². The molecule has 0 spiro atoms. The lowest BCUT2D eigenvalue weighted by Gasteiger charge is -2.43. The monoisotopic (exact) mass is 787 g/mol. The van der Waals surface area contributed by atoms with Crippen LogP contribution in [0.4, 0.5) is 0 Å². The lowest BCUT2D eigenvalue weighted by atomic mass is 9.72. The van der Waals surface area contributed by atoms with Crippen LogP contribution in [0, 0.1) is 0 Å². The van der Waals surface area contributed by atoms with E-state index in [0.29, 0.717) is 13.0 Å². The molecule has 2 saturated heterocycles. The van der Waals surface area contributed by atoms with Crippen molar-refractivity contribution in [1.29, 1.82) is 0 Å². The van der Waals surface area contributed by atoms with Crippen LogP contribution in [0.25, 0.3) is 0 Å². The molecule has 2 heterocycles. The second kappa shape index (κ2) is 15.7. The Balaban J connectivity index is 1.24. The molecule has 0 aromatic heterocycles. The van der Waals surface area contributed by atoms with Gasteiger partial charge in [-0.1, -0.05) is 12.1 Å². The van der Waals surface area contributed by atoms with E-state index >= 15 is 0 Å². The molecule has 306 valence electrons. The van der Waals surface area contributed by atoms with Gasteiger partial charge in [-0.3, -0.25) is 19.2 Å². The number of aromatic hydroxyl groups is 2. The Bertz CT molecular complexity index is 1910. The number of hydrogen-bond donors (Lipinski definition) is 9. The van der Waals surface area contributed by atoms with E-state index in [4.69, 9.17) is 18.9 Å². The average molecular weight is 788 g/mol. The summed E-state index contributed by atoms with van der Waals surface area (Å²) < 4.78 is 23.0. The fraction of sp³-hybridized carbons (Fsp3) is 0.579. The molecular formula is C38H49N3O15. The van der Waals surface area contributed by atoms with Crippen LogP contribution in [0.1, 0.15) is 82.2 Å². The van der Waals surface area contributed by atoms with Crippen molar-refractivity contribution >= 4 is 23.3 Å². The molecule has 0 radical (unpaired) electrons. The van der Waals surface area contributed by atoms with E-state index in [1.165, 1.54) is 32.2 Å². The van der Waals surface area contributed by atoms with E-state index in [1.54, 1.807) is 0 Å². The first kappa shape index (κ1) is 41.6. The molecule has 0 unspecified atom stereocenters. The van der Waals surface area contributed by atoms with Gasteiger partial charge in [-0.15, -0.1) is 0 Å². The first-order valence-electron chi connectivity index (χ1n) is 18.3. The Kier molecular flexibility index (Phi) is 11.6. The molecule has 2 aromatic carbocycles. The largest absolute Gasteiger partial charge is 0.507 e. The number of ketones is 3. The minimum absolute atomic E-state index is 0.0626. The molecule has 4 aliphatic rings. The van der Waals surface area contributed by atoms with Crippen LogP contribution in [-0.2, 0) is 30.2 Å². The molecule has 0 bridgehead atoms. The third kappa shape index (κ3) is 7.30. The van der Waals surface area contributed by atoms with Crippen LogP contribution in [0.5, 0.6) is 17.2 Å². The molecule has 6 rings (SSSR count). The Morgan fingerprint density at radius 3 is 2.38 bits per heavy atom. The van der Waals surface area contributed by atoms with Crippen molar-refractivity contribution < 1.29 is 73.9 Å². The van der Waals surface area contributed by atoms with E-state index < -0.39 is 126 Å². The van der Waals surface area contributed by atoms with Crippen molar-refractivity contribution in [2.24, 2.45) is 0 Å². The first-order valence-corrected chi connectivity index (χ1v) is 18.3. The second-order valence-electron chi connectivity index (χ2n) is 15.2. The number of nitrogens with zero attached hydrogens (tertiary/aromatic N) is 1. The number of methoxy groups -OCH3 is 1. The summed E-state index contributed by atoms with van der Waals surface area (Å²) in [5, 5.41) is 84.0. The first-order chi connectivity index (χ1) is 26.3. The van der Waals surface area contributed by atoms with Gasteiger partial charge in [-0.05, 0) is 47.0 Å². The lowest BCUT2D eigenvalue weighted by Crippen LogP contribution is -2.59. The molecule has 18 nitrogen and oxygen atoms in total. The lowest BCUT2D eigenvalue weighted by molar-refractivity contribution is -0.255. The summed E-state index contributed by atoms with van der Waals surface area (Å²) in [6.07, 6.45) is -10.7. The van der Waals surface area contributed by atoms with Crippen LogP contribution in [0.3, 0.4) is 0 Å². The number of phenolic OH excluding ortho intramolecular Hbond substituents is 2. The zero-order valence-electron chi connectivity index (χ0n) is 31.6. The van der Waals surface area contributed by atoms with Gasteiger partial charge in [0.1, 0.15) is 35.1 Å². The highest BCUT2D eigenvalue weighted by Crippen LogP contribution is 2.52. The Morgan fingerprint density at radius 2 is 1.71 bits per heavy atom. The molecule has 1 amide bonds. The zero-order chi connectivity index (χ0) is 41.0. The summed E-state index contributed by atoms with van der Waals surface area (Å²) in [6.45, 7) is 3.01. The molecule has 0 saturated carbocycles. The van der Waals surface area contributed by atoms with Crippen molar-refractivity contribution in [2.45, 2.75) is 99.9 Å². The molecule has 2 aromatic rings. The van der Waals surface area contributed by atoms with E-state index in [9.17, 15) is 54.9 Å². The van der Waals surface area contributed by atoms with Crippen molar-refractivity contribution in [2.75, 3.05) is 40.8 Å². The predicted molar refractivity (Wildman–Crippen MR) is 192 cm³/mol. The number of nitrogens with one attached hydrogen (secondary N) is 2. The van der Waals surface area contributed by atoms with Gasteiger partial charge >= 0.3 is 0 Å². The van der Waals surface area contributed by atoms with Crippen LogP contribution in [-0.4, -0.2) is 159 Å². The Hall–Kier alpha value is -4.08. The number of carbonyl (C=O) groups excluding carboxylic acids is 4. The van der Waals surface area contributed by atoms with Gasteiger partial charge in [0.15, 0.2) is 24.0 Å². The van der Waals surface area contributed by atoms with Gasteiger partial charge in [0.05, 0.1) is 48.7 Å². The summed E-state index contributed by atoms with van der Waals surface area (Å²) in [5.41, 5.74) is -3.71. The molecular weight excluding hydrogens is 738 g/mol. The van der Waals surface area contributed by atoms with Crippen LogP contribution in [0.2, 0.25) is 0 Å². The van der Waals surface area contributed by atoms with Gasteiger partial charge in [0.25, 0.3) is 5.91 Å². The highest BCUT2D eigenvalue weighted by molar-refractivity contribution is 6.31. The summed E-state index contributed by atoms with van der Waals surface area (Å²) in [5.74, 6) is -6.86. The Labute approximate surface area is 321 Å². The van der Waals surface area contributed by atoms with Gasteiger partial charge in [-0.2, -0.15) is 0 Å². The molecule has 10 atom stereocenters. The van der Waals surface area contributed by atoms with Gasteiger partial charge in [0.2, 0.25) is 11.6 Å². The number of benzene rings is 2. The van der Waals surface area contributed by atoms with E-state index in [2.05, 4.69) is 10.6 Å². The number of aliphatic hydroxyl groups excluding tert-OH is 3. The number of aliphatic hydroxyl groups is 5. The standard InChI is InChI=1S/C38H49N3O15/c1-16-28(43)20(40-15-38(52)35(49)33(48)34(56-38)36(50)39-10-7-11-41(3)4)12-23(54-16)55-22-14-37(51,17(2)42)13-19-25(22)32(47)27-26(30(19)45)29(44)18-8-6-9-21(53-5)24(18)31(27)46/h6,8-9,16,20,22-23,28,33-35,40,43,45,47-49,51-52H,7,10-15H2,1-5H3,(H,39,50)/t16-,20-,22-,23+,28-,33-,34-,35-,37+,38-/m1/s1. The third-order valence-electron chi connectivity index (χ3n) is 11.1. The van der Waals surface area contributed by atoms with Gasteiger partial charge < -0.3 is 70.2 Å². The minimum atomic E-state index is -2.46. The SMILES string of the molecule is COc1cccc2c1C(=O)c1c(O)c3c(c(O)c1C2=O)C[C@@](O)(C(C)=O)C[C@H]3O[C@H]1C[C@@H](NC[C@@]2(O)O[C@@H](C(=O)NCCCN(C)C)[C@@H](O)[C@H]2O)[C@H](O)[C@@H](C)O1. The number of carbonyl (C=O) groups is 4. The highest BCUT2D eigenvalue weighted by atomic mass is 16.7. The van der Waals surface area contributed by atoms with E-state index in [1.807, 2.05) is 19.0 Å². The molecule has 2 fully saturated rings. The average Bonchev–Trinajstić information content (AvgIpc) is 3.37. The Morgan fingerprint density at radius 1 is 1.02 bits per heavy atom. The predicted octanol–water partition coefficient (Wildman–Crippen LogP) is -1.46. The van der Waals surface area contributed by atoms with E-state index in [0.717, 1.165) is 6.92 Å². The summed E-state index contributed by atoms with van der Waals surface area (Å²) in [7, 11) is 5.05. The van der Waals surface area contributed by atoms with Gasteiger partial charge in [-0.25, -0.2) is 0 Å². The van der Waals surface area contributed by atoms with Crippen LogP contribution >= 0.6 is 0 Å². The molecule has 2 aliphatic carbocycles. The fourth-order valence-corrected chi connectivity index (χ4v) is 7.96. The molecule has 18 heteroatoms. The number of phenols is 2. The van der Waals surface area contributed by atoms with Crippen molar-refractivity contribution in [3.63, 3.8) is 0 Å². The quantitative estimate of drug-likeness (QED) is 0.0749. The number of Topliss-reactive ketones (excluding diaryl/α,β-unsaturated/α-hetero) is 1. The van der Waals surface area contributed by atoms with E-state index in [-0.39, 0.29) is 41.0 Å². The molecule has 2 aliphatic heterocycles. The summed E-state index contributed by atoms with van der Waals surface area (Å²) >= 11 is 0. The maximum absolute atomic E-state index is 13.9. The molecule has 9 N–H and O–H groups in total. The topological polar surface area (TPSA) is 274 Å². The second-order valence-corrected chi connectivity index (χ2v) is 15.2. The van der Waals surface area contributed by atoms with Gasteiger partial charge in [0, 0.05) is 48.5 Å². The van der Waals surface area contributed by atoms with Crippen molar-refractivity contribution in [3.8, 4) is 17.2 Å². The maximum Gasteiger partial charge on any atom is 0.252 e.